The number of hydrogen-bond donors (Lipinski definition) is 1. The van der Waals surface area contributed by atoms with E-state index in [1.165, 1.54) is 0 Å². The molecule has 1 aromatic heterocycles. The van der Waals surface area contributed by atoms with Gasteiger partial charge >= 0.3 is 0 Å². The van der Waals surface area contributed by atoms with Gasteiger partial charge in [0.15, 0.2) is 5.82 Å². The van der Waals surface area contributed by atoms with Gasteiger partial charge in [0, 0.05) is 13.1 Å². The second-order valence-corrected chi connectivity index (χ2v) is 4.59. The normalized spacial score (nSPS) is 10.5. The van der Waals surface area contributed by atoms with Crippen molar-refractivity contribution < 1.29 is 4.74 Å². The van der Waals surface area contributed by atoms with Crippen LogP contribution in [0.4, 0.5) is 5.82 Å². The van der Waals surface area contributed by atoms with Gasteiger partial charge in [0.05, 0.1) is 18.9 Å². The third kappa shape index (κ3) is 4.81. The van der Waals surface area contributed by atoms with E-state index >= 15 is 0 Å². The van der Waals surface area contributed by atoms with Crippen LogP contribution in [0.2, 0.25) is 0 Å². The Bertz CT molecular complexity index is 453. The number of aromatic nitrogens is 2. The quantitative estimate of drug-likeness (QED) is 0.738. The van der Waals surface area contributed by atoms with E-state index in [0.717, 1.165) is 17.8 Å². The van der Waals surface area contributed by atoms with Gasteiger partial charge in [0.25, 0.3) is 0 Å². The first-order valence-electron chi connectivity index (χ1n) is 6.26. The molecule has 0 amide bonds. The van der Waals surface area contributed by atoms with Crippen LogP contribution in [-0.4, -0.2) is 55.5 Å². The number of nitriles is 1. The van der Waals surface area contributed by atoms with Crippen LogP contribution in [0.3, 0.4) is 0 Å². The summed E-state index contributed by atoms with van der Waals surface area (Å²) in [6.07, 6.45) is 0. The number of aryl methyl sites for hydroxylation is 1. The number of hydrogen-bond acceptors (Lipinski definition) is 6. The van der Waals surface area contributed by atoms with Gasteiger partial charge in [-0.3, -0.25) is 0 Å². The van der Waals surface area contributed by atoms with E-state index in [1.807, 2.05) is 27.9 Å². The summed E-state index contributed by atoms with van der Waals surface area (Å²) < 4.78 is 5.46. The molecule has 6 nitrogen and oxygen atoms in total. The van der Waals surface area contributed by atoms with Crippen LogP contribution in [0.1, 0.15) is 16.8 Å². The van der Waals surface area contributed by atoms with Crippen LogP contribution in [0, 0.1) is 25.2 Å². The van der Waals surface area contributed by atoms with Gasteiger partial charge in [-0.1, -0.05) is 0 Å². The van der Waals surface area contributed by atoms with Crippen molar-refractivity contribution in [3.8, 4) is 6.07 Å². The van der Waals surface area contributed by atoms with E-state index in [0.29, 0.717) is 31.1 Å². The maximum atomic E-state index is 9.13. The molecule has 0 saturated carbocycles. The molecule has 0 fully saturated rings. The van der Waals surface area contributed by atoms with E-state index < -0.39 is 0 Å². The first-order valence-corrected chi connectivity index (χ1v) is 6.26. The number of ether oxygens (including phenoxy) is 1. The highest BCUT2D eigenvalue weighted by Crippen LogP contribution is 2.16. The van der Waals surface area contributed by atoms with E-state index in [2.05, 4.69) is 26.5 Å². The van der Waals surface area contributed by atoms with Crippen molar-refractivity contribution in [2.45, 2.75) is 13.8 Å². The Morgan fingerprint density at radius 3 is 2.63 bits per heavy atom. The van der Waals surface area contributed by atoms with Crippen LogP contribution < -0.4 is 5.32 Å². The lowest BCUT2D eigenvalue weighted by Gasteiger charge is -2.11. The molecule has 0 unspecified atom stereocenters. The molecule has 0 atom stereocenters. The Labute approximate surface area is 114 Å². The molecule has 104 valence electrons. The van der Waals surface area contributed by atoms with Crippen molar-refractivity contribution in [1.82, 2.24) is 15.1 Å². The van der Waals surface area contributed by atoms with Gasteiger partial charge in [0.2, 0.25) is 0 Å². The molecule has 0 saturated heterocycles. The molecule has 0 bridgehead atoms. The predicted octanol–water partition coefficient (Wildman–Crippen LogP) is 0.955. The third-order valence-electron chi connectivity index (χ3n) is 2.79. The second kappa shape index (κ2) is 7.67. The predicted molar refractivity (Wildman–Crippen MR) is 74.1 cm³/mol. The van der Waals surface area contributed by atoms with Gasteiger partial charge in [0.1, 0.15) is 11.6 Å². The molecule has 0 aliphatic heterocycles. The number of likely N-dealkylation sites (N-methyl/N-ethyl adjacent to an activating group) is 1. The summed E-state index contributed by atoms with van der Waals surface area (Å²) in [7, 11) is 4.01. The standard InChI is InChI=1S/C13H21N5O/c1-10-11(2)16-17-13(12(10)9-14)15-5-7-19-8-6-18(3)4/h5-8H2,1-4H3,(H,15,17). The van der Waals surface area contributed by atoms with Crippen molar-refractivity contribution in [3.63, 3.8) is 0 Å². The Balaban J connectivity index is 2.42. The molecule has 1 rings (SSSR count). The number of nitrogens with one attached hydrogen (secondary N) is 1. The molecule has 19 heavy (non-hydrogen) atoms. The van der Waals surface area contributed by atoms with Crippen LogP contribution in [0.15, 0.2) is 0 Å². The molecular weight excluding hydrogens is 242 g/mol. The van der Waals surface area contributed by atoms with Crippen molar-refractivity contribution >= 4 is 5.82 Å². The summed E-state index contributed by atoms with van der Waals surface area (Å²) >= 11 is 0. The fraction of sp³-hybridized carbons (Fsp3) is 0.615. The molecule has 1 aromatic rings. The molecular formula is C13H21N5O. The molecule has 0 radical (unpaired) electrons. The van der Waals surface area contributed by atoms with E-state index in [1.54, 1.807) is 0 Å². The highest BCUT2D eigenvalue weighted by Gasteiger charge is 2.09. The molecule has 0 spiro atoms. The zero-order valence-electron chi connectivity index (χ0n) is 12.0. The highest BCUT2D eigenvalue weighted by molar-refractivity contribution is 5.55. The van der Waals surface area contributed by atoms with Crippen LogP contribution in [0.25, 0.3) is 0 Å². The third-order valence-corrected chi connectivity index (χ3v) is 2.79. The minimum absolute atomic E-state index is 0.529. The van der Waals surface area contributed by atoms with Crippen LogP contribution >= 0.6 is 0 Å². The van der Waals surface area contributed by atoms with E-state index in [4.69, 9.17) is 10.00 Å². The topological polar surface area (TPSA) is 74.1 Å². The zero-order valence-corrected chi connectivity index (χ0v) is 12.0. The highest BCUT2D eigenvalue weighted by atomic mass is 16.5. The number of anilines is 1. The fourth-order valence-corrected chi connectivity index (χ4v) is 1.46. The Morgan fingerprint density at radius 1 is 1.26 bits per heavy atom. The fourth-order valence-electron chi connectivity index (χ4n) is 1.46. The number of nitrogens with zero attached hydrogens (tertiary/aromatic N) is 4. The smallest absolute Gasteiger partial charge is 0.167 e. The lowest BCUT2D eigenvalue weighted by Crippen LogP contribution is -2.20. The van der Waals surface area contributed by atoms with Crippen molar-refractivity contribution in [2.24, 2.45) is 0 Å². The van der Waals surface area contributed by atoms with Gasteiger partial charge in [-0.15, -0.1) is 5.10 Å². The number of rotatable bonds is 7. The average molecular weight is 263 g/mol. The van der Waals surface area contributed by atoms with Crippen molar-refractivity contribution in [1.29, 1.82) is 5.26 Å². The molecule has 0 aliphatic carbocycles. The average Bonchev–Trinajstić information content (AvgIpc) is 2.37. The molecule has 0 aromatic carbocycles. The molecule has 6 heteroatoms. The SMILES string of the molecule is Cc1nnc(NCCOCCN(C)C)c(C#N)c1C. The Kier molecular flexibility index (Phi) is 6.19. The summed E-state index contributed by atoms with van der Waals surface area (Å²) in [5.41, 5.74) is 2.21. The molecule has 1 heterocycles. The van der Waals surface area contributed by atoms with E-state index in [9.17, 15) is 0 Å². The molecule has 1 N–H and O–H groups in total. The first kappa shape index (κ1) is 15.3. The second-order valence-electron chi connectivity index (χ2n) is 4.59. The van der Waals surface area contributed by atoms with Gasteiger partial charge < -0.3 is 15.0 Å². The summed E-state index contributed by atoms with van der Waals surface area (Å²) in [6.45, 7) is 6.50. The summed E-state index contributed by atoms with van der Waals surface area (Å²) in [5.74, 6) is 0.529. The summed E-state index contributed by atoms with van der Waals surface area (Å²) in [4.78, 5) is 2.07. The molecule has 0 aliphatic rings. The lowest BCUT2D eigenvalue weighted by atomic mass is 10.1. The van der Waals surface area contributed by atoms with Gasteiger partial charge in [-0.2, -0.15) is 10.4 Å². The largest absolute Gasteiger partial charge is 0.378 e. The van der Waals surface area contributed by atoms with Crippen molar-refractivity contribution in [3.05, 3.63) is 16.8 Å². The monoisotopic (exact) mass is 263 g/mol. The van der Waals surface area contributed by atoms with Gasteiger partial charge in [-0.05, 0) is 33.5 Å². The Morgan fingerprint density at radius 2 is 2.00 bits per heavy atom. The lowest BCUT2D eigenvalue weighted by molar-refractivity contribution is 0.126. The maximum Gasteiger partial charge on any atom is 0.167 e. The van der Waals surface area contributed by atoms with E-state index in [-0.39, 0.29) is 0 Å². The Hall–Kier alpha value is -1.71. The van der Waals surface area contributed by atoms with Gasteiger partial charge in [-0.25, -0.2) is 0 Å². The zero-order chi connectivity index (χ0) is 14.3. The van der Waals surface area contributed by atoms with Crippen LogP contribution in [0.5, 0.6) is 0 Å². The minimum Gasteiger partial charge on any atom is -0.378 e. The first-order chi connectivity index (χ1) is 9.06. The van der Waals surface area contributed by atoms with Crippen molar-refractivity contribution in [2.75, 3.05) is 45.7 Å². The van der Waals surface area contributed by atoms with Crippen LogP contribution in [-0.2, 0) is 4.74 Å². The maximum absolute atomic E-state index is 9.13. The summed E-state index contributed by atoms with van der Waals surface area (Å²) in [5, 5.41) is 20.2. The summed E-state index contributed by atoms with van der Waals surface area (Å²) in [6, 6.07) is 2.16. The minimum atomic E-state index is 0.529.